The van der Waals surface area contributed by atoms with E-state index in [4.69, 9.17) is 5.73 Å². The van der Waals surface area contributed by atoms with E-state index in [1.165, 1.54) is 6.92 Å². The fraction of sp³-hybridized carbons (Fsp3) is 0.571. The molecular weight excluding hydrogens is 891 g/mol. The molecule has 0 saturated carbocycles. The highest BCUT2D eigenvalue weighted by Crippen LogP contribution is 2.13. The molecular formula is C49H75N9O11. The molecule has 382 valence electrons. The lowest BCUT2D eigenvalue weighted by molar-refractivity contribution is -0.143. The van der Waals surface area contributed by atoms with Crippen molar-refractivity contribution in [3.63, 3.8) is 0 Å². The number of benzene rings is 2. The summed E-state index contributed by atoms with van der Waals surface area (Å²) in [6.45, 7) is 15.2. The Morgan fingerprint density at radius 1 is 0.507 bits per heavy atom. The van der Waals surface area contributed by atoms with E-state index < -0.39 is 114 Å². The third kappa shape index (κ3) is 21.2. The Bertz CT molecular complexity index is 2020. The van der Waals surface area contributed by atoms with E-state index in [2.05, 4.69) is 42.5 Å². The van der Waals surface area contributed by atoms with Crippen molar-refractivity contribution in [1.82, 2.24) is 42.5 Å². The van der Waals surface area contributed by atoms with Gasteiger partial charge in [-0.15, -0.1) is 0 Å². The summed E-state index contributed by atoms with van der Waals surface area (Å²) in [4.78, 5) is 120. The third-order valence-corrected chi connectivity index (χ3v) is 11.2. The van der Waals surface area contributed by atoms with Gasteiger partial charge in [-0.25, -0.2) is 4.79 Å². The molecule has 9 atom stereocenters. The molecule has 2 rings (SSSR count). The first-order valence-corrected chi connectivity index (χ1v) is 23.5. The predicted octanol–water partition coefficient (Wildman–Crippen LogP) is 0.548. The van der Waals surface area contributed by atoms with Crippen LogP contribution in [0.3, 0.4) is 0 Å². The van der Waals surface area contributed by atoms with Gasteiger partial charge in [0.15, 0.2) is 0 Å². The standard InChI is InChI=1S/C49H75N9O11/c1-10-30(8)42(56-40(62)26-50)47(66)55-37(22-28(4)5)54-39(61)25-38(60)51-34(23-32-17-13-11-14-18-32)44(63)57-41(29(6)7)46(65)52-35(24-33-19-15-12-16-20-33)45(64)58-43(31(9)59)48(67)53-36(49(68)69)21-27(2)3/h11-20,27-31,34-37,41-43,59H,10,21-26,50H2,1-9H3,(H,51,60)(H,52,65)(H,53,67)(H,54,61)(H,55,66)(H,56,62)(H,57,63)(H,58,64)(H,68,69)/t30-,31+,34-,35-,36-,37-,41-,42-,43-/m0/s1. The van der Waals surface area contributed by atoms with Gasteiger partial charge >= 0.3 is 5.97 Å². The van der Waals surface area contributed by atoms with Crippen LogP contribution in [0.25, 0.3) is 0 Å². The summed E-state index contributed by atoms with van der Waals surface area (Å²) < 4.78 is 0. The van der Waals surface area contributed by atoms with E-state index in [1.54, 1.807) is 95.3 Å². The van der Waals surface area contributed by atoms with Crippen LogP contribution in [0, 0.1) is 23.7 Å². The minimum absolute atomic E-state index is 0.0150. The molecule has 0 bridgehead atoms. The quantitative estimate of drug-likeness (QED) is 0.0394. The maximum Gasteiger partial charge on any atom is 0.326 e. The normalized spacial score (nSPS) is 15.2. The number of nitrogens with one attached hydrogen (secondary N) is 8. The van der Waals surface area contributed by atoms with Crippen molar-refractivity contribution in [2.45, 2.75) is 149 Å². The first-order valence-electron chi connectivity index (χ1n) is 23.5. The maximum absolute atomic E-state index is 14.2. The van der Waals surface area contributed by atoms with Crippen LogP contribution in [-0.4, -0.2) is 119 Å². The topological polar surface area (TPSA) is 316 Å². The average Bonchev–Trinajstić information content (AvgIpc) is 3.27. The van der Waals surface area contributed by atoms with Crippen LogP contribution >= 0.6 is 0 Å². The van der Waals surface area contributed by atoms with E-state index in [1.807, 2.05) is 20.8 Å². The van der Waals surface area contributed by atoms with E-state index in [0.29, 0.717) is 17.5 Å². The molecule has 12 N–H and O–H groups in total. The number of carbonyl (C=O) groups is 9. The van der Waals surface area contributed by atoms with Gasteiger partial charge in [-0.2, -0.15) is 0 Å². The van der Waals surface area contributed by atoms with Crippen LogP contribution in [0.5, 0.6) is 0 Å². The molecule has 2 aromatic carbocycles. The Balaban J connectivity index is 2.35. The van der Waals surface area contributed by atoms with Gasteiger partial charge in [0.1, 0.15) is 48.8 Å². The molecule has 0 spiro atoms. The molecule has 8 amide bonds. The number of hydrogen-bond donors (Lipinski definition) is 11. The predicted molar refractivity (Wildman–Crippen MR) is 258 cm³/mol. The van der Waals surface area contributed by atoms with Crippen molar-refractivity contribution in [3.05, 3.63) is 71.8 Å². The number of aliphatic hydroxyl groups is 1. The molecule has 0 aliphatic heterocycles. The molecule has 20 nitrogen and oxygen atoms in total. The van der Waals surface area contributed by atoms with Gasteiger partial charge in [0.25, 0.3) is 0 Å². The van der Waals surface area contributed by atoms with Gasteiger partial charge in [0.05, 0.1) is 12.6 Å². The number of nitrogens with two attached hydrogens (primary N) is 1. The number of amides is 8. The van der Waals surface area contributed by atoms with Crippen molar-refractivity contribution < 1.29 is 53.4 Å². The number of carboxylic acids is 1. The minimum atomic E-state index is -1.61. The molecule has 0 aromatic heterocycles. The number of hydrogen-bond acceptors (Lipinski definition) is 11. The van der Waals surface area contributed by atoms with Gasteiger partial charge in [-0.1, -0.05) is 122 Å². The first-order chi connectivity index (χ1) is 32.4. The van der Waals surface area contributed by atoms with Crippen molar-refractivity contribution >= 4 is 53.2 Å². The average molecular weight is 966 g/mol. The Labute approximate surface area is 405 Å². The zero-order valence-electron chi connectivity index (χ0n) is 41.3. The summed E-state index contributed by atoms with van der Waals surface area (Å²) in [6, 6.07) is 9.51. The number of carboxylic acid groups (broad SMARTS) is 1. The van der Waals surface area contributed by atoms with Crippen molar-refractivity contribution in [2.24, 2.45) is 29.4 Å². The Kier molecular flexibility index (Phi) is 25.1. The zero-order valence-corrected chi connectivity index (χ0v) is 41.3. The van der Waals surface area contributed by atoms with Gasteiger partial charge in [0, 0.05) is 12.8 Å². The van der Waals surface area contributed by atoms with Crippen LogP contribution in [0.1, 0.15) is 99.1 Å². The van der Waals surface area contributed by atoms with Gasteiger partial charge in [-0.3, -0.25) is 38.4 Å². The molecule has 0 unspecified atom stereocenters. The second kappa shape index (κ2) is 29.5. The van der Waals surface area contributed by atoms with Crippen LogP contribution in [0.2, 0.25) is 0 Å². The van der Waals surface area contributed by atoms with E-state index in [0.717, 1.165) is 0 Å². The highest BCUT2D eigenvalue weighted by atomic mass is 16.4. The summed E-state index contributed by atoms with van der Waals surface area (Å²) >= 11 is 0. The number of rotatable bonds is 29. The Morgan fingerprint density at radius 3 is 1.41 bits per heavy atom. The lowest BCUT2D eigenvalue weighted by atomic mass is 9.97. The lowest BCUT2D eigenvalue weighted by Crippen LogP contribution is -2.61. The number of aliphatic hydroxyl groups excluding tert-OH is 1. The maximum atomic E-state index is 14.2. The van der Waals surface area contributed by atoms with Crippen LogP contribution in [0.4, 0.5) is 0 Å². The van der Waals surface area contributed by atoms with E-state index >= 15 is 0 Å². The van der Waals surface area contributed by atoms with Gasteiger partial charge in [-0.05, 0) is 54.6 Å². The van der Waals surface area contributed by atoms with Crippen LogP contribution < -0.4 is 48.3 Å². The largest absolute Gasteiger partial charge is 0.480 e. The van der Waals surface area contributed by atoms with E-state index in [-0.39, 0.29) is 50.0 Å². The zero-order chi connectivity index (χ0) is 52.0. The second-order valence-electron chi connectivity index (χ2n) is 18.6. The molecule has 0 fully saturated rings. The van der Waals surface area contributed by atoms with Crippen LogP contribution in [-0.2, 0) is 56.0 Å². The van der Waals surface area contributed by atoms with Gasteiger partial charge < -0.3 is 58.5 Å². The molecule has 0 radical (unpaired) electrons. The molecule has 0 saturated heterocycles. The third-order valence-electron chi connectivity index (χ3n) is 11.2. The molecule has 0 aliphatic rings. The van der Waals surface area contributed by atoms with Crippen LogP contribution in [0.15, 0.2) is 60.7 Å². The summed E-state index contributed by atoms with van der Waals surface area (Å²) in [5, 5.41) is 41.2. The summed E-state index contributed by atoms with van der Waals surface area (Å²) in [5.41, 5.74) is 6.72. The van der Waals surface area contributed by atoms with Gasteiger partial charge in [0.2, 0.25) is 47.3 Å². The molecule has 0 aliphatic carbocycles. The van der Waals surface area contributed by atoms with Crippen molar-refractivity contribution in [1.29, 1.82) is 0 Å². The molecule has 0 heterocycles. The monoisotopic (exact) mass is 966 g/mol. The molecule has 2 aromatic rings. The fourth-order valence-corrected chi connectivity index (χ4v) is 7.24. The number of carbonyl (C=O) groups excluding carboxylic acids is 8. The lowest BCUT2D eigenvalue weighted by Gasteiger charge is -2.29. The van der Waals surface area contributed by atoms with E-state index in [9.17, 15) is 53.4 Å². The summed E-state index contributed by atoms with van der Waals surface area (Å²) in [7, 11) is 0. The molecule has 20 heteroatoms. The van der Waals surface area contributed by atoms with Crippen molar-refractivity contribution in [3.8, 4) is 0 Å². The van der Waals surface area contributed by atoms with Crippen molar-refractivity contribution in [2.75, 3.05) is 6.54 Å². The summed E-state index contributed by atoms with van der Waals surface area (Å²) in [6.07, 6.45) is -2.36. The summed E-state index contributed by atoms with van der Waals surface area (Å²) in [5.74, 6) is -8.36. The molecule has 69 heavy (non-hydrogen) atoms. The Morgan fingerprint density at radius 2 is 0.957 bits per heavy atom. The fourth-order valence-electron chi connectivity index (χ4n) is 7.24. The Hall–Kier alpha value is -6.41. The smallest absolute Gasteiger partial charge is 0.326 e. The highest BCUT2D eigenvalue weighted by molar-refractivity contribution is 6.00. The minimum Gasteiger partial charge on any atom is -0.480 e. The number of aliphatic carboxylic acids is 1. The first kappa shape index (κ1) is 58.7. The highest BCUT2D eigenvalue weighted by Gasteiger charge is 2.36. The second-order valence-corrected chi connectivity index (χ2v) is 18.6. The SMILES string of the molecule is CC[C@H](C)[C@H](NC(=O)CN)C(=O)N[C@@H](CC(C)C)NC(=O)CC(=O)N[C@@H](Cc1ccccc1)C(=O)N[C@H](C(=O)N[C@@H](Cc1ccccc1)C(=O)N[C@H](C(=O)N[C@@H](CC(C)C)C(=O)O)[C@@H](C)O)C(C)C.